The summed E-state index contributed by atoms with van der Waals surface area (Å²) < 4.78 is 25.6. The van der Waals surface area contributed by atoms with E-state index in [1.165, 1.54) is 0 Å². The molecule has 0 aromatic heterocycles. The first kappa shape index (κ1) is 15.7. The van der Waals surface area contributed by atoms with Gasteiger partial charge in [-0.25, -0.2) is 0 Å². The van der Waals surface area contributed by atoms with Gasteiger partial charge in [0.1, 0.15) is 0 Å². The molecule has 0 amide bonds. The molecule has 0 heterocycles. The molecule has 0 atom stereocenters. The Balaban J connectivity index is -0.0000000450. The minimum atomic E-state index is -3.79. The van der Waals surface area contributed by atoms with E-state index in [-0.39, 0.29) is 52.7 Å². The van der Waals surface area contributed by atoms with Gasteiger partial charge in [-0.15, -0.1) is 0 Å². The van der Waals surface area contributed by atoms with Crippen LogP contribution < -0.4 is 8.32 Å². The minimum absolute atomic E-state index is 0. The summed E-state index contributed by atoms with van der Waals surface area (Å²) in [6, 6.07) is 0. The van der Waals surface area contributed by atoms with Crippen molar-refractivity contribution in [1.29, 1.82) is 0 Å². The first-order valence-electron chi connectivity index (χ1n) is 0.500. The summed E-state index contributed by atoms with van der Waals surface area (Å²) in [5.74, 6) is 0. The van der Waals surface area contributed by atoms with Crippen LogP contribution in [0.25, 0.3) is 0 Å². The average Bonchev–Trinajstić information content (AvgIpc) is 0.811. The molecule has 0 aliphatic rings. The molecular weight excluding hydrogens is 294 g/mol. The molecule has 31 valence electrons. The molecule has 0 aromatic rings. The molecule has 0 saturated carbocycles. The van der Waals surface area contributed by atoms with Crippen molar-refractivity contribution < 1.29 is 79.5 Å². The van der Waals surface area contributed by atoms with Gasteiger partial charge < -0.3 is 0 Å². The Bertz CT molecular complexity index is 33.8. The summed E-state index contributed by atoms with van der Waals surface area (Å²) in [4.78, 5) is 0. The van der Waals surface area contributed by atoms with E-state index in [4.69, 9.17) is 12.1 Å². The normalized spacial score (nSPS) is 5.83. The van der Waals surface area contributed by atoms with Crippen molar-refractivity contribution >= 4 is 0 Å². The van der Waals surface area contributed by atoms with Crippen LogP contribution >= 0.6 is 0 Å². The Morgan fingerprint density at radius 1 is 1.33 bits per heavy atom. The first-order valence-corrected chi connectivity index (χ1v) is 2.06. The second kappa shape index (κ2) is 10.1. The Morgan fingerprint density at radius 2 is 1.33 bits per heavy atom. The van der Waals surface area contributed by atoms with Crippen molar-refractivity contribution in [3.8, 4) is 0 Å². The third-order valence-corrected chi connectivity index (χ3v) is 0. The van der Waals surface area contributed by atoms with E-state index in [1.54, 1.807) is 0 Å². The van der Waals surface area contributed by atoms with Gasteiger partial charge in [0.15, 0.2) is 0 Å². The van der Waals surface area contributed by atoms with Crippen LogP contribution in [0.5, 0.6) is 0 Å². The van der Waals surface area contributed by atoms with Crippen LogP contribution in [0.2, 0.25) is 0 Å². The molecule has 0 unspecified atom stereocenters. The fourth-order valence-corrected chi connectivity index (χ4v) is 0. The van der Waals surface area contributed by atoms with E-state index in [0.717, 1.165) is 0 Å². The second-order valence-corrected chi connectivity index (χ2v) is 0.842. The first-order chi connectivity index (χ1) is 1.73. The molecule has 0 fully saturated rings. The summed E-state index contributed by atoms with van der Waals surface area (Å²) >= 11 is -3.79. The molecule has 1 radical (unpaired) electrons. The van der Waals surface area contributed by atoms with E-state index in [0.29, 0.717) is 0 Å². The van der Waals surface area contributed by atoms with E-state index in [1.807, 2.05) is 0 Å². The van der Waals surface area contributed by atoms with E-state index in [2.05, 4.69) is 0 Å². The Morgan fingerprint density at radius 3 is 1.33 bits per heavy atom. The van der Waals surface area contributed by atoms with Crippen LogP contribution in [0, 0.1) is 35.6 Å². The van der Waals surface area contributed by atoms with E-state index in [9.17, 15) is 0 Å². The zero-order chi connectivity index (χ0) is 3.58. The SMILES string of the molecule is [La+3].[Mn+2].[O]=[Cr]([O-])[O-]. The molecule has 0 aliphatic heterocycles. The van der Waals surface area contributed by atoms with Gasteiger partial charge in [-0.3, -0.25) is 0 Å². The Kier molecular flexibility index (Phi) is 26.3. The third-order valence-electron chi connectivity index (χ3n) is 0. The summed E-state index contributed by atoms with van der Waals surface area (Å²) in [6.45, 7) is 0. The molecule has 0 bridgehead atoms. The zero-order valence-corrected chi connectivity index (χ0v) is 8.67. The average molecular weight is 294 g/mol. The van der Waals surface area contributed by atoms with Gasteiger partial charge in [0.25, 0.3) is 0 Å². The van der Waals surface area contributed by atoms with Crippen LogP contribution in [0.1, 0.15) is 0 Å². The molecule has 6 heteroatoms. The topological polar surface area (TPSA) is 63.2 Å². The fourth-order valence-electron chi connectivity index (χ4n) is 0. The summed E-state index contributed by atoms with van der Waals surface area (Å²) in [5, 5.41) is 0. The predicted octanol–water partition coefficient (Wildman–Crippen LogP) is -2.50. The quantitative estimate of drug-likeness (QED) is 0.464. The standard InChI is InChI=1S/Cr.La.Mn.3O/q;+3;+2;;2*-1. The van der Waals surface area contributed by atoms with Gasteiger partial charge in [0, 0.05) is 0 Å². The second-order valence-electron chi connectivity index (χ2n) is 0.204. The van der Waals surface area contributed by atoms with Crippen molar-refractivity contribution in [1.82, 2.24) is 0 Å². The molecule has 0 N–H and O–H groups in total. The molecule has 0 saturated heterocycles. The number of hydrogen-bond donors (Lipinski definition) is 0. The summed E-state index contributed by atoms with van der Waals surface area (Å²) in [7, 11) is 0. The fraction of sp³-hybridized carbons (Fsp3) is 0. The Labute approximate surface area is 78.5 Å². The number of rotatable bonds is 0. The maximum atomic E-state index is 8.54. The van der Waals surface area contributed by atoms with Gasteiger partial charge in [-0.1, -0.05) is 0 Å². The van der Waals surface area contributed by atoms with Crippen LogP contribution in [0.4, 0.5) is 0 Å². The van der Waals surface area contributed by atoms with E-state index < -0.39 is 14.8 Å². The van der Waals surface area contributed by atoms with Crippen molar-refractivity contribution in [2.24, 2.45) is 0 Å². The monoisotopic (exact) mass is 294 g/mol. The van der Waals surface area contributed by atoms with Crippen LogP contribution in [0.15, 0.2) is 0 Å². The zero-order valence-electron chi connectivity index (χ0n) is 2.59. The Hall–Kier alpha value is 1.97. The summed E-state index contributed by atoms with van der Waals surface area (Å²) in [6.07, 6.45) is 0. The van der Waals surface area contributed by atoms with Gasteiger partial charge >= 0.3 is 79.5 Å². The molecule has 0 rings (SSSR count). The summed E-state index contributed by atoms with van der Waals surface area (Å²) in [5.41, 5.74) is 0. The van der Waals surface area contributed by atoms with E-state index >= 15 is 0 Å². The maximum absolute atomic E-state index is 8.54. The van der Waals surface area contributed by atoms with Crippen LogP contribution in [-0.4, -0.2) is 0 Å². The molecule has 0 aliphatic carbocycles. The van der Waals surface area contributed by atoms with Gasteiger partial charge in [-0.05, 0) is 0 Å². The molecule has 6 heavy (non-hydrogen) atoms. The van der Waals surface area contributed by atoms with Crippen LogP contribution in [0.3, 0.4) is 0 Å². The third kappa shape index (κ3) is 38.1. The number of hydrogen-bond acceptors (Lipinski definition) is 3. The van der Waals surface area contributed by atoms with Crippen molar-refractivity contribution in [2.75, 3.05) is 0 Å². The molecule has 3 nitrogen and oxygen atoms in total. The van der Waals surface area contributed by atoms with Crippen LogP contribution in [-0.2, 0) is 35.6 Å². The predicted molar refractivity (Wildman–Crippen MR) is 0.686 cm³/mol. The molecule has 0 aromatic carbocycles. The molecular formula is CrLaMnO3+3. The molecule has 0 spiro atoms. The van der Waals surface area contributed by atoms with Gasteiger partial charge in [0.2, 0.25) is 0 Å². The van der Waals surface area contributed by atoms with Gasteiger partial charge in [-0.2, -0.15) is 0 Å². The van der Waals surface area contributed by atoms with Crippen molar-refractivity contribution in [2.45, 2.75) is 0 Å². The van der Waals surface area contributed by atoms with Crippen molar-refractivity contribution in [3.63, 3.8) is 0 Å². The van der Waals surface area contributed by atoms with Gasteiger partial charge in [0.05, 0.1) is 0 Å². The van der Waals surface area contributed by atoms with Crippen molar-refractivity contribution in [3.05, 3.63) is 0 Å².